The average Bonchev–Trinajstić information content (AvgIpc) is 3.26. The van der Waals surface area contributed by atoms with Crippen molar-refractivity contribution < 1.29 is 13.2 Å². The number of amides is 1. The molecule has 0 aliphatic carbocycles. The molecule has 1 amide bonds. The van der Waals surface area contributed by atoms with Crippen LogP contribution in [0.3, 0.4) is 0 Å². The SMILES string of the molecule is O=C(Nc1ccc(Br)c2cccnc12)c1cc(S(=O)(=O)N2CCCC2)c(Cl)cc1Cl. The molecular formula is C20H16BrCl2N3O3S. The van der Waals surface area contributed by atoms with Gasteiger partial charge in [0.25, 0.3) is 5.91 Å². The van der Waals surface area contributed by atoms with E-state index in [4.69, 9.17) is 23.2 Å². The minimum absolute atomic E-state index is 0.0146. The lowest BCUT2D eigenvalue weighted by Crippen LogP contribution is -2.28. The summed E-state index contributed by atoms with van der Waals surface area (Å²) >= 11 is 15.9. The summed E-state index contributed by atoms with van der Waals surface area (Å²) < 4.78 is 28.1. The number of carbonyl (C=O) groups is 1. The number of hydrogen-bond donors (Lipinski definition) is 1. The lowest BCUT2D eigenvalue weighted by atomic mass is 10.1. The Morgan fingerprint density at radius 2 is 1.83 bits per heavy atom. The molecule has 0 spiro atoms. The van der Waals surface area contributed by atoms with Crippen LogP contribution in [-0.4, -0.2) is 36.7 Å². The molecule has 0 saturated carbocycles. The molecule has 0 bridgehead atoms. The summed E-state index contributed by atoms with van der Waals surface area (Å²) in [5, 5.41) is 3.65. The van der Waals surface area contributed by atoms with Crippen LogP contribution in [0.25, 0.3) is 10.9 Å². The Hall–Kier alpha value is -1.71. The van der Waals surface area contributed by atoms with Crippen molar-refractivity contribution in [1.82, 2.24) is 9.29 Å². The van der Waals surface area contributed by atoms with Gasteiger partial charge < -0.3 is 5.32 Å². The van der Waals surface area contributed by atoms with E-state index in [0.29, 0.717) is 24.3 Å². The second kappa shape index (κ2) is 8.43. The molecule has 2 aromatic carbocycles. The Bertz CT molecular complexity index is 1260. The zero-order chi connectivity index (χ0) is 21.5. The number of anilines is 1. The molecule has 1 aliphatic heterocycles. The van der Waals surface area contributed by atoms with Gasteiger partial charge in [-0.05, 0) is 43.2 Å². The summed E-state index contributed by atoms with van der Waals surface area (Å²) in [6, 6.07) is 9.71. The fourth-order valence-corrected chi connectivity index (χ4v) is 6.20. The third-order valence-corrected chi connectivity index (χ3v) is 8.28. The minimum Gasteiger partial charge on any atom is -0.320 e. The first-order valence-electron chi connectivity index (χ1n) is 9.13. The van der Waals surface area contributed by atoms with E-state index < -0.39 is 15.9 Å². The summed E-state index contributed by atoms with van der Waals surface area (Å²) in [4.78, 5) is 17.2. The lowest BCUT2D eigenvalue weighted by Gasteiger charge is -2.18. The Balaban J connectivity index is 1.73. The third kappa shape index (κ3) is 3.94. The molecule has 1 aliphatic rings. The normalized spacial score (nSPS) is 14.9. The molecule has 1 N–H and O–H groups in total. The molecule has 1 aromatic heterocycles. The maximum Gasteiger partial charge on any atom is 0.257 e. The van der Waals surface area contributed by atoms with Gasteiger partial charge in [0.2, 0.25) is 10.0 Å². The highest BCUT2D eigenvalue weighted by Gasteiger charge is 2.30. The zero-order valence-electron chi connectivity index (χ0n) is 15.5. The molecule has 1 fully saturated rings. The average molecular weight is 529 g/mol. The number of halogens is 3. The van der Waals surface area contributed by atoms with Gasteiger partial charge in [0.1, 0.15) is 4.90 Å². The fraction of sp³-hybridized carbons (Fsp3) is 0.200. The Kier molecular flexibility index (Phi) is 6.05. The monoisotopic (exact) mass is 527 g/mol. The van der Waals surface area contributed by atoms with Gasteiger partial charge in [-0.1, -0.05) is 45.2 Å². The van der Waals surface area contributed by atoms with Crippen LogP contribution in [0.15, 0.2) is 52.0 Å². The van der Waals surface area contributed by atoms with Crippen molar-refractivity contribution in [3.63, 3.8) is 0 Å². The Morgan fingerprint density at radius 1 is 1.10 bits per heavy atom. The van der Waals surface area contributed by atoms with Gasteiger partial charge in [-0.2, -0.15) is 4.31 Å². The van der Waals surface area contributed by atoms with Crippen LogP contribution >= 0.6 is 39.1 Å². The van der Waals surface area contributed by atoms with Crippen LogP contribution in [0.5, 0.6) is 0 Å². The standard InChI is InChI=1S/C20H16BrCl2N3O3S/c21-14-5-6-17(19-12(14)4-3-7-24-19)25-20(27)13-10-18(16(23)11-15(13)22)30(28,29)26-8-1-2-9-26/h3-7,10-11H,1-2,8-9H2,(H,25,27). The maximum atomic E-state index is 13.0. The smallest absolute Gasteiger partial charge is 0.257 e. The number of aromatic nitrogens is 1. The zero-order valence-corrected chi connectivity index (χ0v) is 19.4. The summed E-state index contributed by atoms with van der Waals surface area (Å²) in [5.74, 6) is -0.552. The maximum absolute atomic E-state index is 13.0. The third-order valence-electron chi connectivity index (χ3n) is 4.91. The van der Waals surface area contributed by atoms with Crippen molar-refractivity contribution in [3.05, 3.63) is 62.7 Å². The molecule has 3 aromatic rings. The molecule has 1 saturated heterocycles. The summed E-state index contributed by atoms with van der Waals surface area (Å²) in [6.07, 6.45) is 3.21. The highest BCUT2D eigenvalue weighted by Crippen LogP contribution is 2.33. The largest absolute Gasteiger partial charge is 0.320 e. The van der Waals surface area contributed by atoms with Crippen LogP contribution in [-0.2, 0) is 10.0 Å². The van der Waals surface area contributed by atoms with Gasteiger partial charge in [-0.3, -0.25) is 9.78 Å². The molecule has 30 heavy (non-hydrogen) atoms. The number of sulfonamides is 1. The highest BCUT2D eigenvalue weighted by molar-refractivity contribution is 9.10. The van der Waals surface area contributed by atoms with Gasteiger partial charge in [0.15, 0.2) is 0 Å². The van der Waals surface area contributed by atoms with Gasteiger partial charge in [0.05, 0.1) is 26.8 Å². The Labute approximate surface area is 192 Å². The van der Waals surface area contributed by atoms with Crippen molar-refractivity contribution in [2.75, 3.05) is 18.4 Å². The molecule has 0 radical (unpaired) electrons. The number of rotatable bonds is 4. The molecule has 6 nitrogen and oxygen atoms in total. The van der Waals surface area contributed by atoms with Gasteiger partial charge >= 0.3 is 0 Å². The molecule has 0 unspecified atom stereocenters. The molecule has 2 heterocycles. The van der Waals surface area contributed by atoms with E-state index in [1.54, 1.807) is 24.4 Å². The first kappa shape index (κ1) is 21.5. The fourth-order valence-electron chi connectivity index (χ4n) is 3.40. The van der Waals surface area contributed by atoms with Crippen LogP contribution in [0, 0.1) is 0 Å². The van der Waals surface area contributed by atoms with Crippen molar-refractivity contribution in [3.8, 4) is 0 Å². The van der Waals surface area contributed by atoms with E-state index in [1.165, 1.54) is 16.4 Å². The number of carbonyl (C=O) groups excluding carboxylic acids is 1. The number of nitrogens with zero attached hydrogens (tertiary/aromatic N) is 2. The van der Waals surface area contributed by atoms with E-state index in [9.17, 15) is 13.2 Å². The quantitative estimate of drug-likeness (QED) is 0.495. The van der Waals surface area contributed by atoms with Crippen LogP contribution in [0.2, 0.25) is 10.0 Å². The van der Waals surface area contributed by atoms with Crippen LogP contribution in [0.1, 0.15) is 23.2 Å². The van der Waals surface area contributed by atoms with Gasteiger partial charge in [-0.15, -0.1) is 0 Å². The van der Waals surface area contributed by atoms with E-state index in [2.05, 4.69) is 26.2 Å². The van der Waals surface area contributed by atoms with E-state index in [0.717, 1.165) is 22.7 Å². The predicted molar refractivity (Wildman–Crippen MR) is 122 cm³/mol. The van der Waals surface area contributed by atoms with E-state index in [1.807, 2.05) is 6.07 Å². The number of pyridine rings is 1. The van der Waals surface area contributed by atoms with Crippen molar-refractivity contribution >= 4 is 71.7 Å². The lowest BCUT2D eigenvalue weighted by molar-refractivity contribution is 0.102. The second-order valence-electron chi connectivity index (χ2n) is 6.82. The summed E-state index contributed by atoms with van der Waals surface area (Å²) in [5.41, 5.74) is 1.09. The summed E-state index contributed by atoms with van der Waals surface area (Å²) in [7, 11) is -3.81. The number of benzene rings is 2. The minimum atomic E-state index is -3.81. The molecule has 0 atom stereocenters. The predicted octanol–water partition coefficient (Wildman–Crippen LogP) is 5.34. The van der Waals surface area contributed by atoms with Gasteiger partial charge in [0, 0.05) is 29.1 Å². The van der Waals surface area contributed by atoms with E-state index in [-0.39, 0.29) is 20.5 Å². The van der Waals surface area contributed by atoms with Gasteiger partial charge in [-0.25, -0.2) is 8.42 Å². The number of nitrogens with one attached hydrogen (secondary N) is 1. The molecule has 156 valence electrons. The van der Waals surface area contributed by atoms with Crippen LogP contribution in [0.4, 0.5) is 5.69 Å². The van der Waals surface area contributed by atoms with Crippen molar-refractivity contribution in [1.29, 1.82) is 0 Å². The number of hydrogen-bond acceptors (Lipinski definition) is 4. The first-order valence-corrected chi connectivity index (χ1v) is 12.1. The molecular weight excluding hydrogens is 513 g/mol. The Morgan fingerprint density at radius 3 is 2.57 bits per heavy atom. The molecule has 10 heteroatoms. The summed E-state index contributed by atoms with van der Waals surface area (Å²) in [6.45, 7) is 0.860. The van der Waals surface area contributed by atoms with Crippen molar-refractivity contribution in [2.45, 2.75) is 17.7 Å². The first-order chi connectivity index (χ1) is 14.3. The van der Waals surface area contributed by atoms with Crippen LogP contribution < -0.4 is 5.32 Å². The van der Waals surface area contributed by atoms with E-state index >= 15 is 0 Å². The number of fused-ring (bicyclic) bond motifs is 1. The van der Waals surface area contributed by atoms with Crippen molar-refractivity contribution in [2.24, 2.45) is 0 Å². The highest BCUT2D eigenvalue weighted by atomic mass is 79.9. The second-order valence-corrected chi connectivity index (χ2v) is 10.4. The molecule has 4 rings (SSSR count). The topological polar surface area (TPSA) is 79.4 Å².